The summed E-state index contributed by atoms with van der Waals surface area (Å²) in [5.74, 6) is 0.888. The molecular formula is C13H17N3O. The number of nitrogens with zero attached hydrogens (tertiary/aromatic N) is 2. The monoisotopic (exact) mass is 231 g/mol. The van der Waals surface area contributed by atoms with E-state index in [0.717, 1.165) is 23.5 Å². The lowest BCUT2D eigenvalue weighted by atomic mass is 10.2. The Morgan fingerprint density at radius 3 is 2.88 bits per heavy atom. The highest BCUT2D eigenvalue weighted by atomic mass is 16.5. The molecule has 0 amide bonds. The molecule has 0 spiro atoms. The van der Waals surface area contributed by atoms with E-state index < -0.39 is 0 Å². The topological polar surface area (TPSA) is 39.1 Å². The summed E-state index contributed by atoms with van der Waals surface area (Å²) in [6.45, 7) is 3.40. The van der Waals surface area contributed by atoms with Crippen LogP contribution in [-0.2, 0) is 13.6 Å². The normalized spacial score (nSPS) is 10.2. The minimum absolute atomic E-state index is 0.672. The average molecular weight is 231 g/mol. The highest BCUT2D eigenvalue weighted by Crippen LogP contribution is 2.24. The maximum atomic E-state index is 5.55. The second-order valence-electron chi connectivity index (χ2n) is 3.80. The molecule has 4 nitrogen and oxygen atoms in total. The average Bonchev–Trinajstić information content (AvgIpc) is 2.74. The van der Waals surface area contributed by atoms with Gasteiger partial charge in [-0.2, -0.15) is 5.10 Å². The second-order valence-corrected chi connectivity index (χ2v) is 3.80. The number of benzene rings is 1. The minimum atomic E-state index is 0.672. The number of ether oxygens (including phenoxy) is 1. The van der Waals surface area contributed by atoms with Crippen LogP contribution in [0.3, 0.4) is 0 Å². The number of para-hydroxylation sites is 2. The van der Waals surface area contributed by atoms with Gasteiger partial charge in [0.1, 0.15) is 5.75 Å². The fourth-order valence-corrected chi connectivity index (χ4v) is 1.65. The summed E-state index contributed by atoms with van der Waals surface area (Å²) in [5, 5.41) is 7.48. The van der Waals surface area contributed by atoms with E-state index in [1.165, 1.54) is 0 Å². The summed E-state index contributed by atoms with van der Waals surface area (Å²) < 4.78 is 7.34. The summed E-state index contributed by atoms with van der Waals surface area (Å²) in [7, 11) is 1.91. The molecule has 0 saturated heterocycles. The van der Waals surface area contributed by atoms with Crippen molar-refractivity contribution < 1.29 is 4.74 Å². The zero-order chi connectivity index (χ0) is 12.1. The predicted molar refractivity (Wildman–Crippen MR) is 68.1 cm³/mol. The molecule has 2 rings (SSSR count). The van der Waals surface area contributed by atoms with E-state index in [1.807, 2.05) is 50.6 Å². The summed E-state index contributed by atoms with van der Waals surface area (Å²) >= 11 is 0. The molecular weight excluding hydrogens is 214 g/mol. The van der Waals surface area contributed by atoms with Gasteiger partial charge in [-0.3, -0.25) is 4.68 Å². The molecule has 1 aromatic heterocycles. The molecule has 2 aromatic rings. The maximum absolute atomic E-state index is 5.55. The van der Waals surface area contributed by atoms with Crippen molar-refractivity contribution in [3.63, 3.8) is 0 Å². The van der Waals surface area contributed by atoms with E-state index in [2.05, 4.69) is 10.4 Å². The number of hydrogen-bond donors (Lipinski definition) is 1. The van der Waals surface area contributed by atoms with Gasteiger partial charge < -0.3 is 10.1 Å². The molecule has 17 heavy (non-hydrogen) atoms. The number of aromatic nitrogens is 2. The Bertz CT molecular complexity index is 479. The molecule has 0 bridgehead atoms. The molecule has 0 saturated carbocycles. The van der Waals surface area contributed by atoms with Crippen LogP contribution in [0.4, 0.5) is 5.69 Å². The molecule has 0 atom stereocenters. The Morgan fingerprint density at radius 1 is 1.35 bits per heavy atom. The fraction of sp³-hybridized carbons (Fsp3) is 0.308. The predicted octanol–water partition coefficient (Wildman–Crippen LogP) is 2.43. The smallest absolute Gasteiger partial charge is 0.142 e. The van der Waals surface area contributed by atoms with E-state index in [1.54, 1.807) is 4.68 Å². The zero-order valence-electron chi connectivity index (χ0n) is 10.2. The lowest BCUT2D eigenvalue weighted by Gasteiger charge is -2.11. The zero-order valence-corrected chi connectivity index (χ0v) is 10.2. The van der Waals surface area contributed by atoms with Gasteiger partial charge in [-0.1, -0.05) is 12.1 Å². The number of anilines is 1. The molecule has 4 heteroatoms. The quantitative estimate of drug-likeness (QED) is 0.859. The first-order valence-corrected chi connectivity index (χ1v) is 5.73. The molecule has 0 fully saturated rings. The Labute approximate surface area is 101 Å². The largest absolute Gasteiger partial charge is 0.492 e. The van der Waals surface area contributed by atoms with Crippen LogP contribution >= 0.6 is 0 Å². The first kappa shape index (κ1) is 11.5. The Hall–Kier alpha value is -1.97. The van der Waals surface area contributed by atoms with Crippen LogP contribution in [0.5, 0.6) is 5.75 Å². The fourth-order valence-electron chi connectivity index (χ4n) is 1.65. The number of nitrogens with one attached hydrogen (secondary N) is 1. The lowest BCUT2D eigenvalue weighted by molar-refractivity contribution is 0.341. The molecule has 0 aliphatic heterocycles. The molecule has 0 aliphatic carbocycles. The van der Waals surface area contributed by atoms with Crippen molar-refractivity contribution in [1.29, 1.82) is 0 Å². The Kier molecular flexibility index (Phi) is 3.65. The van der Waals surface area contributed by atoms with E-state index in [-0.39, 0.29) is 0 Å². The van der Waals surface area contributed by atoms with E-state index >= 15 is 0 Å². The van der Waals surface area contributed by atoms with Gasteiger partial charge in [-0.05, 0) is 19.1 Å². The third kappa shape index (κ3) is 3.00. The third-order valence-corrected chi connectivity index (χ3v) is 2.43. The van der Waals surface area contributed by atoms with Gasteiger partial charge in [0.2, 0.25) is 0 Å². The molecule has 1 N–H and O–H groups in total. The highest BCUT2D eigenvalue weighted by Gasteiger charge is 2.02. The van der Waals surface area contributed by atoms with Crippen molar-refractivity contribution in [2.24, 2.45) is 7.05 Å². The Balaban J connectivity index is 2.03. The van der Waals surface area contributed by atoms with Crippen molar-refractivity contribution in [1.82, 2.24) is 9.78 Å². The van der Waals surface area contributed by atoms with Crippen LogP contribution in [0.25, 0.3) is 0 Å². The SMILES string of the molecule is CCOc1ccccc1NCc1cnn(C)c1. The van der Waals surface area contributed by atoms with Crippen LogP contribution < -0.4 is 10.1 Å². The minimum Gasteiger partial charge on any atom is -0.492 e. The highest BCUT2D eigenvalue weighted by molar-refractivity contribution is 5.56. The molecule has 1 heterocycles. The second kappa shape index (κ2) is 5.39. The van der Waals surface area contributed by atoms with Gasteiger partial charge in [0.05, 0.1) is 18.5 Å². The van der Waals surface area contributed by atoms with Crippen molar-refractivity contribution in [2.75, 3.05) is 11.9 Å². The van der Waals surface area contributed by atoms with Crippen molar-refractivity contribution in [3.05, 3.63) is 42.2 Å². The lowest BCUT2D eigenvalue weighted by Crippen LogP contribution is -2.02. The van der Waals surface area contributed by atoms with Gasteiger partial charge in [0.25, 0.3) is 0 Å². The molecule has 90 valence electrons. The summed E-state index contributed by atoms with van der Waals surface area (Å²) in [6, 6.07) is 7.95. The van der Waals surface area contributed by atoms with Gasteiger partial charge in [0.15, 0.2) is 0 Å². The van der Waals surface area contributed by atoms with Gasteiger partial charge >= 0.3 is 0 Å². The summed E-state index contributed by atoms with van der Waals surface area (Å²) in [5.41, 5.74) is 2.16. The van der Waals surface area contributed by atoms with Crippen molar-refractivity contribution in [3.8, 4) is 5.75 Å². The number of rotatable bonds is 5. The number of hydrogen-bond acceptors (Lipinski definition) is 3. The van der Waals surface area contributed by atoms with Crippen molar-refractivity contribution in [2.45, 2.75) is 13.5 Å². The van der Waals surface area contributed by atoms with Crippen LogP contribution in [0.15, 0.2) is 36.7 Å². The summed E-state index contributed by atoms with van der Waals surface area (Å²) in [4.78, 5) is 0. The molecule has 1 aromatic carbocycles. The van der Waals surface area contributed by atoms with Crippen LogP contribution in [-0.4, -0.2) is 16.4 Å². The van der Waals surface area contributed by atoms with Crippen molar-refractivity contribution >= 4 is 5.69 Å². The first-order valence-electron chi connectivity index (χ1n) is 5.73. The van der Waals surface area contributed by atoms with Crippen LogP contribution in [0.2, 0.25) is 0 Å². The van der Waals surface area contributed by atoms with E-state index in [9.17, 15) is 0 Å². The van der Waals surface area contributed by atoms with Crippen LogP contribution in [0.1, 0.15) is 12.5 Å². The number of aryl methyl sites for hydroxylation is 1. The summed E-state index contributed by atoms with van der Waals surface area (Å²) in [6.07, 6.45) is 3.85. The van der Waals surface area contributed by atoms with Gasteiger partial charge in [-0.25, -0.2) is 0 Å². The molecule has 0 unspecified atom stereocenters. The standard InChI is InChI=1S/C13H17N3O/c1-3-17-13-7-5-4-6-12(13)14-8-11-9-15-16(2)10-11/h4-7,9-10,14H,3,8H2,1-2H3. The maximum Gasteiger partial charge on any atom is 0.142 e. The van der Waals surface area contributed by atoms with Crippen LogP contribution in [0, 0.1) is 0 Å². The molecule has 0 aliphatic rings. The first-order chi connectivity index (χ1) is 8.29. The van der Waals surface area contributed by atoms with Gasteiger partial charge in [-0.15, -0.1) is 0 Å². The van der Waals surface area contributed by atoms with E-state index in [4.69, 9.17) is 4.74 Å². The third-order valence-electron chi connectivity index (χ3n) is 2.43. The Morgan fingerprint density at radius 2 is 2.18 bits per heavy atom. The molecule has 0 radical (unpaired) electrons. The van der Waals surface area contributed by atoms with E-state index in [0.29, 0.717) is 6.61 Å². The van der Waals surface area contributed by atoms with Gasteiger partial charge in [0, 0.05) is 25.4 Å².